The van der Waals surface area contributed by atoms with Crippen LogP contribution in [-0.4, -0.2) is 30.1 Å². The zero-order valence-electron chi connectivity index (χ0n) is 15.5. The molecule has 0 atom stereocenters. The van der Waals surface area contributed by atoms with Gasteiger partial charge in [-0.05, 0) is 43.8 Å². The molecular formula is C19H23N3O4S. The molecule has 0 saturated heterocycles. The van der Waals surface area contributed by atoms with E-state index in [2.05, 4.69) is 16.0 Å². The third-order valence-corrected chi connectivity index (χ3v) is 4.15. The van der Waals surface area contributed by atoms with E-state index in [1.54, 1.807) is 39.0 Å². The second kappa shape index (κ2) is 9.18. The number of rotatable bonds is 6. The molecule has 3 N–H and O–H groups in total. The van der Waals surface area contributed by atoms with Crippen LogP contribution < -0.4 is 16.0 Å². The lowest BCUT2D eigenvalue weighted by Gasteiger charge is -2.19. The summed E-state index contributed by atoms with van der Waals surface area (Å²) in [4.78, 5) is 36.3. The largest absolute Gasteiger partial charge is 0.444 e. The summed E-state index contributed by atoms with van der Waals surface area (Å²) in [6.45, 7) is 5.25. The maximum absolute atomic E-state index is 12.2. The number of hydrogen-bond donors (Lipinski definition) is 3. The lowest BCUT2D eigenvalue weighted by atomic mass is 10.1. The van der Waals surface area contributed by atoms with Crippen LogP contribution in [0.2, 0.25) is 0 Å². The predicted octanol–water partition coefficient (Wildman–Crippen LogP) is 3.14. The molecule has 0 aliphatic heterocycles. The van der Waals surface area contributed by atoms with Gasteiger partial charge in [-0.25, -0.2) is 4.79 Å². The highest BCUT2D eigenvalue weighted by Crippen LogP contribution is 2.17. The molecule has 7 nitrogen and oxygen atoms in total. The van der Waals surface area contributed by atoms with Crippen LogP contribution in [0.25, 0.3) is 0 Å². The third kappa shape index (κ3) is 7.10. The topological polar surface area (TPSA) is 96.5 Å². The van der Waals surface area contributed by atoms with E-state index in [1.807, 2.05) is 23.6 Å². The van der Waals surface area contributed by atoms with E-state index in [9.17, 15) is 14.4 Å². The third-order valence-electron chi connectivity index (χ3n) is 3.28. The number of ether oxygens (including phenoxy) is 1. The van der Waals surface area contributed by atoms with Crippen molar-refractivity contribution in [3.05, 3.63) is 52.2 Å². The minimum atomic E-state index is -0.652. The summed E-state index contributed by atoms with van der Waals surface area (Å²) in [6, 6.07) is 10.8. The Balaban J connectivity index is 1.86. The number of amides is 3. The van der Waals surface area contributed by atoms with Crippen molar-refractivity contribution in [2.45, 2.75) is 32.9 Å². The van der Waals surface area contributed by atoms with Gasteiger partial charge >= 0.3 is 6.09 Å². The monoisotopic (exact) mass is 389 g/mol. The van der Waals surface area contributed by atoms with Gasteiger partial charge < -0.3 is 20.7 Å². The first-order valence-electron chi connectivity index (χ1n) is 8.41. The number of thiophene rings is 1. The highest BCUT2D eigenvalue weighted by molar-refractivity contribution is 7.12. The van der Waals surface area contributed by atoms with Crippen LogP contribution in [0.15, 0.2) is 41.8 Å². The summed E-state index contributed by atoms with van der Waals surface area (Å²) < 4.78 is 5.07. The van der Waals surface area contributed by atoms with Crippen molar-refractivity contribution in [1.29, 1.82) is 0 Å². The van der Waals surface area contributed by atoms with Crippen LogP contribution in [0.4, 0.5) is 10.5 Å². The van der Waals surface area contributed by atoms with Gasteiger partial charge in [0.15, 0.2) is 0 Å². The second-order valence-electron chi connectivity index (χ2n) is 6.72. The van der Waals surface area contributed by atoms with Crippen LogP contribution in [0, 0.1) is 0 Å². The first-order chi connectivity index (χ1) is 12.7. The van der Waals surface area contributed by atoms with Crippen molar-refractivity contribution in [1.82, 2.24) is 10.6 Å². The lowest BCUT2D eigenvalue weighted by molar-refractivity contribution is -0.120. The molecule has 8 heteroatoms. The molecule has 1 heterocycles. The van der Waals surface area contributed by atoms with Crippen molar-refractivity contribution in [3.63, 3.8) is 0 Å². The minimum absolute atomic E-state index is 0.196. The number of hydrogen-bond acceptors (Lipinski definition) is 5. The Labute approximate surface area is 162 Å². The molecule has 27 heavy (non-hydrogen) atoms. The Morgan fingerprint density at radius 2 is 1.78 bits per heavy atom. The molecule has 0 radical (unpaired) electrons. The van der Waals surface area contributed by atoms with Gasteiger partial charge in [0.2, 0.25) is 5.91 Å². The van der Waals surface area contributed by atoms with Crippen LogP contribution in [0.3, 0.4) is 0 Å². The number of carbonyl (C=O) groups excluding carboxylic acids is 3. The Hall–Kier alpha value is -2.87. The zero-order valence-corrected chi connectivity index (χ0v) is 16.3. The summed E-state index contributed by atoms with van der Waals surface area (Å²) in [5.74, 6) is -0.560. The SMILES string of the molecule is CC(C)(C)OC(=O)NCC(=O)NCc1ccccc1NC(=O)c1cccs1. The maximum atomic E-state index is 12.2. The summed E-state index contributed by atoms with van der Waals surface area (Å²) in [6.07, 6.45) is -0.652. The number of anilines is 1. The maximum Gasteiger partial charge on any atom is 0.408 e. The fraction of sp³-hybridized carbons (Fsp3) is 0.316. The van der Waals surface area contributed by atoms with Gasteiger partial charge in [0, 0.05) is 12.2 Å². The van der Waals surface area contributed by atoms with E-state index >= 15 is 0 Å². The van der Waals surface area contributed by atoms with Crippen LogP contribution >= 0.6 is 11.3 Å². The average molecular weight is 389 g/mol. The molecule has 0 bridgehead atoms. The van der Waals surface area contributed by atoms with E-state index in [-0.39, 0.29) is 24.9 Å². The van der Waals surface area contributed by atoms with Gasteiger partial charge in [0.05, 0.1) is 4.88 Å². The Morgan fingerprint density at radius 1 is 1.04 bits per heavy atom. The molecule has 0 saturated carbocycles. The second-order valence-corrected chi connectivity index (χ2v) is 7.67. The van der Waals surface area contributed by atoms with Gasteiger partial charge in [-0.15, -0.1) is 11.3 Å². The van der Waals surface area contributed by atoms with Crippen molar-refractivity contribution in [3.8, 4) is 0 Å². The van der Waals surface area contributed by atoms with Crippen molar-refractivity contribution < 1.29 is 19.1 Å². The molecule has 144 valence electrons. The minimum Gasteiger partial charge on any atom is -0.444 e. The summed E-state index contributed by atoms with van der Waals surface area (Å²) in [7, 11) is 0. The van der Waals surface area contributed by atoms with E-state index in [4.69, 9.17) is 4.74 Å². The first kappa shape index (κ1) is 20.4. The summed E-state index contributed by atoms with van der Waals surface area (Å²) in [5.41, 5.74) is 0.754. The standard InChI is InChI=1S/C19H23N3O4S/c1-19(2,3)26-18(25)21-12-16(23)20-11-13-7-4-5-8-14(13)22-17(24)15-9-6-10-27-15/h4-10H,11-12H2,1-3H3,(H,20,23)(H,21,25)(H,22,24). The van der Waals surface area contributed by atoms with Gasteiger partial charge in [0.1, 0.15) is 12.1 Å². The van der Waals surface area contributed by atoms with Crippen molar-refractivity contribution >= 4 is 34.9 Å². The molecule has 0 spiro atoms. The summed E-state index contributed by atoms with van der Waals surface area (Å²) in [5, 5.41) is 9.78. The number of alkyl carbamates (subject to hydrolysis) is 1. The molecule has 0 aliphatic rings. The van der Waals surface area contributed by atoms with E-state index < -0.39 is 11.7 Å². The Morgan fingerprint density at radius 3 is 2.44 bits per heavy atom. The molecular weight excluding hydrogens is 366 g/mol. The van der Waals surface area contributed by atoms with E-state index in [1.165, 1.54) is 11.3 Å². The fourth-order valence-electron chi connectivity index (χ4n) is 2.11. The highest BCUT2D eigenvalue weighted by Gasteiger charge is 2.16. The van der Waals surface area contributed by atoms with Gasteiger partial charge in [-0.2, -0.15) is 0 Å². The molecule has 1 aromatic carbocycles. The van der Waals surface area contributed by atoms with Crippen LogP contribution in [0.5, 0.6) is 0 Å². The predicted molar refractivity (Wildman–Crippen MR) is 105 cm³/mol. The zero-order chi connectivity index (χ0) is 19.9. The number of carbonyl (C=O) groups is 3. The van der Waals surface area contributed by atoms with Crippen molar-refractivity contribution in [2.24, 2.45) is 0 Å². The van der Waals surface area contributed by atoms with Gasteiger partial charge in [0.25, 0.3) is 5.91 Å². The number of nitrogens with one attached hydrogen (secondary N) is 3. The smallest absolute Gasteiger partial charge is 0.408 e. The van der Waals surface area contributed by atoms with Gasteiger partial charge in [-0.3, -0.25) is 9.59 Å². The average Bonchev–Trinajstić information content (AvgIpc) is 3.12. The molecule has 1 aromatic heterocycles. The Bertz CT molecular complexity index is 798. The molecule has 2 rings (SSSR count). The van der Waals surface area contributed by atoms with Crippen molar-refractivity contribution in [2.75, 3.05) is 11.9 Å². The molecule has 0 aliphatic carbocycles. The Kier molecular flexibility index (Phi) is 6.95. The van der Waals surface area contributed by atoms with Crippen LogP contribution in [0.1, 0.15) is 36.0 Å². The number of benzene rings is 1. The molecule has 2 aromatic rings. The normalized spacial score (nSPS) is 10.8. The summed E-state index contributed by atoms with van der Waals surface area (Å²) >= 11 is 1.35. The van der Waals surface area contributed by atoms with E-state index in [0.717, 1.165) is 5.56 Å². The van der Waals surface area contributed by atoms with E-state index in [0.29, 0.717) is 10.6 Å². The lowest BCUT2D eigenvalue weighted by Crippen LogP contribution is -2.39. The highest BCUT2D eigenvalue weighted by atomic mass is 32.1. The molecule has 0 unspecified atom stereocenters. The quantitative estimate of drug-likeness (QED) is 0.707. The number of para-hydroxylation sites is 1. The molecule has 3 amide bonds. The van der Waals surface area contributed by atoms with Crippen LogP contribution in [-0.2, 0) is 16.1 Å². The molecule has 0 fully saturated rings. The van der Waals surface area contributed by atoms with Gasteiger partial charge in [-0.1, -0.05) is 24.3 Å². The first-order valence-corrected chi connectivity index (χ1v) is 9.29. The fourth-order valence-corrected chi connectivity index (χ4v) is 2.73.